The minimum Gasteiger partial charge on any atom is -0.497 e. The van der Waals surface area contributed by atoms with Crippen molar-refractivity contribution in [1.29, 1.82) is 0 Å². The van der Waals surface area contributed by atoms with E-state index in [0.29, 0.717) is 24.3 Å². The molecule has 0 saturated heterocycles. The highest BCUT2D eigenvalue weighted by Crippen LogP contribution is 2.18. The van der Waals surface area contributed by atoms with Crippen molar-refractivity contribution in [2.45, 2.75) is 32.7 Å². The van der Waals surface area contributed by atoms with Crippen molar-refractivity contribution in [3.05, 3.63) is 64.4 Å². The molecule has 1 heterocycles. The summed E-state index contributed by atoms with van der Waals surface area (Å²) in [6.07, 6.45) is 2.15. The highest BCUT2D eigenvalue weighted by atomic mass is 32.1. The minimum atomic E-state index is 0.0117. The lowest BCUT2D eigenvalue weighted by atomic mass is 10.1. The summed E-state index contributed by atoms with van der Waals surface area (Å²) < 4.78 is 7.55. The molecule has 0 fully saturated rings. The first-order valence-corrected chi connectivity index (χ1v) is 10.1. The molecule has 0 radical (unpaired) electrons. The quantitative estimate of drug-likeness (QED) is 0.412. The number of hydrogen-bond donors (Lipinski definition) is 2. The van der Waals surface area contributed by atoms with Crippen molar-refractivity contribution >= 4 is 18.1 Å². The third kappa shape index (κ3) is 5.77. The van der Waals surface area contributed by atoms with Crippen LogP contribution in [0.4, 0.5) is 0 Å². The van der Waals surface area contributed by atoms with Gasteiger partial charge in [0.1, 0.15) is 5.75 Å². The number of amides is 1. The van der Waals surface area contributed by atoms with Crippen molar-refractivity contribution in [3.63, 3.8) is 0 Å². The minimum absolute atomic E-state index is 0.0117. The second kappa shape index (κ2) is 10.0. The normalized spacial score (nSPS) is 10.7. The van der Waals surface area contributed by atoms with Gasteiger partial charge in [0, 0.05) is 25.1 Å². The molecule has 3 rings (SSSR count). The number of H-pyrrole nitrogens is 1. The Morgan fingerprint density at radius 1 is 1.17 bits per heavy atom. The number of aromatic amines is 1. The standard InChI is InChI=1S/C22H26N4O2S/c1-16-5-9-18(10-6-16)21-24-25-22(29)26(21)15-13-20(27)23-14-3-4-17-7-11-19(28-2)12-8-17/h5-12H,3-4,13-15H2,1-2H3,(H,23,27)(H,25,29). The Balaban J connectivity index is 1.46. The summed E-state index contributed by atoms with van der Waals surface area (Å²) in [4.78, 5) is 12.2. The SMILES string of the molecule is COc1ccc(CCCNC(=O)CCn2c(-c3ccc(C)cc3)n[nH]c2=S)cc1. The van der Waals surface area contributed by atoms with E-state index >= 15 is 0 Å². The largest absolute Gasteiger partial charge is 0.497 e. The summed E-state index contributed by atoms with van der Waals surface area (Å²) in [6, 6.07) is 16.1. The average Bonchev–Trinajstić information content (AvgIpc) is 3.11. The van der Waals surface area contributed by atoms with Gasteiger partial charge in [0.15, 0.2) is 10.6 Å². The molecule has 0 saturated carbocycles. The van der Waals surface area contributed by atoms with Crippen LogP contribution in [0, 0.1) is 11.7 Å². The van der Waals surface area contributed by atoms with E-state index in [1.807, 2.05) is 60.0 Å². The second-order valence-corrected chi connectivity index (χ2v) is 7.31. The van der Waals surface area contributed by atoms with E-state index in [-0.39, 0.29) is 5.91 Å². The molecule has 0 unspecified atom stereocenters. The van der Waals surface area contributed by atoms with Crippen molar-refractivity contribution in [2.75, 3.05) is 13.7 Å². The second-order valence-electron chi connectivity index (χ2n) is 6.92. The predicted molar refractivity (Wildman–Crippen MR) is 117 cm³/mol. The van der Waals surface area contributed by atoms with Crippen LogP contribution < -0.4 is 10.1 Å². The van der Waals surface area contributed by atoms with Crippen LogP contribution in [0.5, 0.6) is 5.75 Å². The zero-order valence-corrected chi connectivity index (χ0v) is 17.6. The number of rotatable bonds is 9. The Morgan fingerprint density at radius 2 is 1.90 bits per heavy atom. The number of nitrogens with zero attached hydrogens (tertiary/aromatic N) is 2. The summed E-state index contributed by atoms with van der Waals surface area (Å²) in [5.74, 6) is 1.62. The number of carbonyl (C=O) groups excluding carboxylic acids is 1. The molecule has 2 N–H and O–H groups in total. The van der Waals surface area contributed by atoms with Crippen LogP contribution in [-0.4, -0.2) is 34.3 Å². The fourth-order valence-electron chi connectivity index (χ4n) is 3.06. The summed E-state index contributed by atoms with van der Waals surface area (Å²) in [5.41, 5.74) is 3.39. The Morgan fingerprint density at radius 3 is 2.59 bits per heavy atom. The smallest absolute Gasteiger partial charge is 0.221 e. The molecule has 3 aromatic rings. The van der Waals surface area contributed by atoms with Crippen LogP contribution >= 0.6 is 12.2 Å². The van der Waals surface area contributed by atoms with E-state index in [2.05, 4.69) is 15.5 Å². The lowest BCUT2D eigenvalue weighted by Crippen LogP contribution is -2.25. The molecule has 2 aromatic carbocycles. The van der Waals surface area contributed by atoms with Gasteiger partial charge in [-0.3, -0.25) is 14.5 Å². The number of aromatic nitrogens is 3. The van der Waals surface area contributed by atoms with E-state index in [1.165, 1.54) is 11.1 Å². The van der Waals surface area contributed by atoms with Gasteiger partial charge in [-0.2, -0.15) is 5.10 Å². The molecule has 6 nitrogen and oxygen atoms in total. The maximum absolute atomic E-state index is 12.2. The molecule has 0 bridgehead atoms. The van der Waals surface area contributed by atoms with Crippen LogP contribution in [0.1, 0.15) is 24.0 Å². The first-order valence-electron chi connectivity index (χ1n) is 9.68. The monoisotopic (exact) mass is 410 g/mol. The number of carbonyl (C=O) groups is 1. The van der Waals surface area contributed by atoms with Gasteiger partial charge >= 0.3 is 0 Å². The molecule has 0 atom stereocenters. The van der Waals surface area contributed by atoms with E-state index in [1.54, 1.807) is 7.11 Å². The van der Waals surface area contributed by atoms with E-state index in [0.717, 1.165) is 30.0 Å². The number of aryl methyl sites for hydroxylation is 2. The average molecular weight is 411 g/mol. The number of benzene rings is 2. The highest BCUT2D eigenvalue weighted by Gasteiger charge is 2.10. The summed E-state index contributed by atoms with van der Waals surface area (Å²) in [6.45, 7) is 3.18. The molecule has 0 aliphatic rings. The molecule has 1 aromatic heterocycles. The topological polar surface area (TPSA) is 71.9 Å². The van der Waals surface area contributed by atoms with Crippen LogP contribution in [0.15, 0.2) is 48.5 Å². The lowest BCUT2D eigenvalue weighted by molar-refractivity contribution is -0.121. The molecule has 0 aliphatic heterocycles. The van der Waals surface area contributed by atoms with Gasteiger partial charge in [0.25, 0.3) is 0 Å². The Labute approximate surface area is 175 Å². The molecule has 152 valence electrons. The highest BCUT2D eigenvalue weighted by molar-refractivity contribution is 7.71. The maximum Gasteiger partial charge on any atom is 0.221 e. The molecule has 0 aliphatic carbocycles. The van der Waals surface area contributed by atoms with E-state index in [9.17, 15) is 4.79 Å². The van der Waals surface area contributed by atoms with Gasteiger partial charge in [-0.05, 0) is 49.7 Å². The third-order valence-corrected chi connectivity index (χ3v) is 5.07. The zero-order chi connectivity index (χ0) is 20.6. The molecular weight excluding hydrogens is 384 g/mol. The number of methoxy groups -OCH3 is 1. The molecular formula is C22H26N4O2S. The Kier molecular flexibility index (Phi) is 7.19. The van der Waals surface area contributed by atoms with Gasteiger partial charge < -0.3 is 10.1 Å². The molecule has 29 heavy (non-hydrogen) atoms. The fourth-order valence-corrected chi connectivity index (χ4v) is 3.29. The zero-order valence-electron chi connectivity index (χ0n) is 16.8. The Hall–Kier alpha value is -2.93. The van der Waals surface area contributed by atoms with Gasteiger partial charge in [-0.1, -0.05) is 42.0 Å². The maximum atomic E-state index is 12.2. The predicted octanol–water partition coefficient (Wildman–Crippen LogP) is 4.06. The molecule has 0 spiro atoms. The van der Waals surface area contributed by atoms with Crippen molar-refractivity contribution < 1.29 is 9.53 Å². The van der Waals surface area contributed by atoms with Crippen molar-refractivity contribution in [3.8, 4) is 17.1 Å². The van der Waals surface area contributed by atoms with E-state index < -0.39 is 0 Å². The molecule has 7 heteroatoms. The number of ether oxygens (including phenoxy) is 1. The van der Waals surface area contributed by atoms with Gasteiger partial charge in [0.05, 0.1) is 7.11 Å². The lowest BCUT2D eigenvalue weighted by Gasteiger charge is -2.09. The summed E-state index contributed by atoms with van der Waals surface area (Å²) in [5, 5.41) is 10.1. The van der Waals surface area contributed by atoms with Crippen LogP contribution in [0.25, 0.3) is 11.4 Å². The van der Waals surface area contributed by atoms with Gasteiger partial charge in [-0.15, -0.1) is 0 Å². The fraction of sp³-hybridized carbons (Fsp3) is 0.318. The summed E-state index contributed by atoms with van der Waals surface area (Å²) >= 11 is 5.33. The molecule has 1 amide bonds. The van der Waals surface area contributed by atoms with Crippen LogP contribution in [0.2, 0.25) is 0 Å². The third-order valence-electron chi connectivity index (χ3n) is 4.75. The van der Waals surface area contributed by atoms with Gasteiger partial charge in [0.2, 0.25) is 5.91 Å². The van der Waals surface area contributed by atoms with Gasteiger partial charge in [-0.25, -0.2) is 0 Å². The first-order chi connectivity index (χ1) is 14.1. The first kappa shape index (κ1) is 20.8. The van der Waals surface area contributed by atoms with Crippen molar-refractivity contribution in [1.82, 2.24) is 20.1 Å². The van der Waals surface area contributed by atoms with E-state index in [4.69, 9.17) is 17.0 Å². The summed E-state index contributed by atoms with van der Waals surface area (Å²) in [7, 11) is 1.66. The number of nitrogens with one attached hydrogen (secondary N) is 2. The van der Waals surface area contributed by atoms with Crippen LogP contribution in [-0.2, 0) is 17.8 Å². The van der Waals surface area contributed by atoms with Crippen LogP contribution in [0.3, 0.4) is 0 Å². The van der Waals surface area contributed by atoms with Crippen molar-refractivity contribution in [2.24, 2.45) is 0 Å². The number of hydrogen-bond acceptors (Lipinski definition) is 4. The Bertz CT molecular complexity index is 991.